The lowest BCUT2D eigenvalue weighted by Crippen LogP contribution is -2.31. The van der Waals surface area contributed by atoms with Gasteiger partial charge in [-0.1, -0.05) is 0 Å². The molecule has 3 aromatic rings. The molecule has 0 aromatic carbocycles. The fourth-order valence-electron chi connectivity index (χ4n) is 3.21. The summed E-state index contributed by atoms with van der Waals surface area (Å²) in [5, 5.41) is 2.99. The monoisotopic (exact) mass is 349 g/mol. The maximum Gasteiger partial charge on any atom is 0.255 e. The van der Waals surface area contributed by atoms with E-state index in [-0.39, 0.29) is 11.9 Å². The van der Waals surface area contributed by atoms with E-state index in [1.807, 2.05) is 17.2 Å². The van der Waals surface area contributed by atoms with Gasteiger partial charge < -0.3 is 10.2 Å². The lowest BCUT2D eigenvalue weighted by molar-refractivity contribution is 0.0732. The Morgan fingerprint density at radius 1 is 1.23 bits per heavy atom. The molecule has 1 atom stereocenters. The topological polar surface area (TPSA) is 88.8 Å². The van der Waals surface area contributed by atoms with Gasteiger partial charge in [0.25, 0.3) is 5.91 Å². The number of rotatable bonds is 4. The van der Waals surface area contributed by atoms with Gasteiger partial charge in [0.15, 0.2) is 0 Å². The molecule has 8 nitrogen and oxygen atoms in total. The van der Waals surface area contributed by atoms with E-state index in [1.165, 1.54) is 0 Å². The van der Waals surface area contributed by atoms with Gasteiger partial charge in [-0.3, -0.25) is 14.3 Å². The number of imidazole rings is 1. The first-order chi connectivity index (χ1) is 12.8. The van der Waals surface area contributed by atoms with Crippen LogP contribution in [0.25, 0.3) is 5.82 Å². The molecule has 1 N–H and O–H groups in total. The van der Waals surface area contributed by atoms with Crippen molar-refractivity contribution in [1.82, 2.24) is 29.4 Å². The molecule has 1 aliphatic rings. The van der Waals surface area contributed by atoms with Crippen molar-refractivity contribution in [2.45, 2.75) is 18.9 Å². The van der Waals surface area contributed by atoms with Gasteiger partial charge in [-0.15, -0.1) is 0 Å². The maximum atomic E-state index is 13.0. The van der Waals surface area contributed by atoms with E-state index >= 15 is 0 Å². The summed E-state index contributed by atoms with van der Waals surface area (Å²) in [5.74, 6) is 1.40. The molecule has 3 aromatic heterocycles. The Balaban J connectivity index is 1.56. The number of hydrogen-bond donors (Lipinski definition) is 1. The predicted molar refractivity (Wildman–Crippen MR) is 95.9 cm³/mol. The first-order valence-electron chi connectivity index (χ1n) is 8.51. The van der Waals surface area contributed by atoms with Gasteiger partial charge in [0.1, 0.15) is 18.0 Å². The molecule has 1 amide bonds. The van der Waals surface area contributed by atoms with Crippen molar-refractivity contribution in [3.05, 3.63) is 60.7 Å². The number of nitrogens with zero attached hydrogens (tertiary/aromatic N) is 6. The lowest BCUT2D eigenvalue weighted by Gasteiger charge is -2.24. The lowest BCUT2D eigenvalue weighted by atomic mass is 10.1. The van der Waals surface area contributed by atoms with E-state index in [0.717, 1.165) is 24.4 Å². The van der Waals surface area contributed by atoms with Crippen molar-refractivity contribution >= 4 is 11.7 Å². The second-order valence-electron chi connectivity index (χ2n) is 6.11. The van der Waals surface area contributed by atoms with Crippen LogP contribution >= 0.6 is 0 Å². The van der Waals surface area contributed by atoms with Crippen LogP contribution in [0.2, 0.25) is 0 Å². The van der Waals surface area contributed by atoms with E-state index in [0.29, 0.717) is 17.9 Å². The molecule has 0 bridgehead atoms. The van der Waals surface area contributed by atoms with Crippen molar-refractivity contribution in [1.29, 1.82) is 0 Å². The Kier molecular flexibility index (Phi) is 4.30. The van der Waals surface area contributed by atoms with Crippen LogP contribution in [0.1, 0.15) is 34.9 Å². The molecule has 1 aliphatic heterocycles. The van der Waals surface area contributed by atoms with Crippen molar-refractivity contribution in [2.75, 3.05) is 18.9 Å². The molecule has 26 heavy (non-hydrogen) atoms. The number of hydrogen-bond acceptors (Lipinski definition) is 6. The van der Waals surface area contributed by atoms with Gasteiger partial charge in [0.2, 0.25) is 0 Å². The van der Waals surface area contributed by atoms with Crippen molar-refractivity contribution in [3.63, 3.8) is 0 Å². The molecule has 0 spiro atoms. The highest BCUT2D eigenvalue weighted by molar-refractivity contribution is 5.94. The maximum absolute atomic E-state index is 13.0. The van der Waals surface area contributed by atoms with Gasteiger partial charge >= 0.3 is 0 Å². The molecule has 132 valence electrons. The molecule has 0 saturated carbocycles. The molecule has 1 fully saturated rings. The number of carbonyl (C=O) groups is 1. The van der Waals surface area contributed by atoms with E-state index in [4.69, 9.17) is 0 Å². The van der Waals surface area contributed by atoms with Crippen LogP contribution in [0, 0.1) is 0 Å². The average Bonchev–Trinajstić information content (AvgIpc) is 3.39. The molecular formula is C18H19N7O. The fourth-order valence-corrected chi connectivity index (χ4v) is 3.21. The highest BCUT2D eigenvalue weighted by atomic mass is 16.2. The normalized spacial score (nSPS) is 16.7. The van der Waals surface area contributed by atoms with Gasteiger partial charge in [0.05, 0.1) is 29.7 Å². The van der Waals surface area contributed by atoms with Crippen molar-refractivity contribution in [2.24, 2.45) is 0 Å². The number of likely N-dealkylation sites (tertiary alicyclic amines) is 1. The Hall–Kier alpha value is -3.29. The van der Waals surface area contributed by atoms with E-state index in [1.54, 1.807) is 48.8 Å². The number of anilines is 1. The second-order valence-corrected chi connectivity index (χ2v) is 6.11. The van der Waals surface area contributed by atoms with Gasteiger partial charge in [-0.25, -0.2) is 15.0 Å². The Morgan fingerprint density at radius 3 is 2.88 bits per heavy atom. The fraction of sp³-hybridized carbons (Fsp3) is 0.278. The van der Waals surface area contributed by atoms with Gasteiger partial charge in [-0.05, 0) is 25.0 Å². The molecule has 4 rings (SSSR count). The van der Waals surface area contributed by atoms with Gasteiger partial charge in [-0.2, -0.15) is 0 Å². The SMILES string of the molecule is CNc1cncc([C@@H]2CCCN2C(=O)c2ccc(-n3ccnc3)nc2)n1. The zero-order chi connectivity index (χ0) is 17.9. The summed E-state index contributed by atoms with van der Waals surface area (Å²) in [7, 11) is 1.80. The first kappa shape index (κ1) is 16.2. The molecule has 0 aliphatic carbocycles. The van der Waals surface area contributed by atoms with E-state index < -0.39 is 0 Å². The summed E-state index contributed by atoms with van der Waals surface area (Å²) in [6.45, 7) is 0.707. The summed E-state index contributed by atoms with van der Waals surface area (Å²) in [6, 6.07) is 3.56. The molecular weight excluding hydrogens is 330 g/mol. The third-order valence-electron chi connectivity index (χ3n) is 4.53. The minimum absolute atomic E-state index is 0.0335. The highest BCUT2D eigenvalue weighted by Crippen LogP contribution is 2.32. The van der Waals surface area contributed by atoms with E-state index in [2.05, 4.69) is 25.3 Å². The third kappa shape index (κ3) is 3.01. The number of aromatic nitrogens is 5. The number of pyridine rings is 1. The van der Waals surface area contributed by atoms with E-state index in [9.17, 15) is 4.79 Å². The minimum atomic E-state index is -0.0587. The third-order valence-corrected chi connectivity index (χ3v) is 4.53. The zero-order valence-corrected chi connectivity index (χ0v) is 14.4. The van der Waals surface area contributed by atoms with Crippen LogP contribution in [0.15, 0.2) is 49.4 Å². The van der Waals surface area contributed by atoms with Crippen molar-refractivity contribution < 1.29 is 4.79 Å². The zero-order valence-electron chi connectivity index (χ0n) is 14.4. The minimum Gasteiger partial charge on any atom is -0.372 e. The standard InChI is InChI=1S/C18H19N7O/c1-19-16-11-21-10-14(23-16)15-3-2-7-25(15)18(26)13-4-5-17(22-9-13)24-8-6-20-12-24/h4-6,8-12,15H,2-3,7H2,1H3,(H,19,23)/t15-/m0/s1. The van der Waals surface area contributed by atoms with Crippen LogP contribution < -0.4 is 5.32 Å². The largest absolute Gasteiger partial charge is 0.372 e. The van der Waals surface area contributed by atoms with Gasteiger partial charge in [0, 0.05) is 32.2 Å². The first-order valence-corrected chi connectivity index (χ1v) is 8.51. The number of carbonyl (C=O) groups excluding carboxylic acids is 1. The smallest absolute Gasteiger partial charge is 0.255 e. The molecule has 8 heteroatoms. The Morgan fingerprint density at radius 2 is 2.15 bits per heavy atom. The summed E-state index contributed by atoms with van der Waals surface area (Å²) in [4.78, 5) is 32.0. The summed E-state index contributed by atoms with van der Waals surface area (Å²) in [5.41, 5.74) is 1.38. The molecule has 4 heterocycles. The van der Waals surface area contributed by atoms with Crippen LogP contribution in [0.4, 0.5) is 5.82 Å². The highest BCUT2D eigenvalue weighted by Gasteiger charge is 2.32. The second kappa shape index (κ2) is 6.91. The summed E-state index contributed by atoms with van der Waals surface area (Å²) in [6.07, 6.45) is 12.0. The molecule has 0 unspecified atom stereocenters. The Bertz CT molecular complexity index is 892. The quantitative estimate of drug-likeness (QED) is 0.776. The number of amides is 1. The Labute approximate surface area is 150 Å². The van der Waals surface area contributed by atoms with Crippen molar-refractivity contribution in [3.8, 4) is 5.82 Å². The molecule has 1 saturated heterocycles. The van der Waals surface area contributed by atoms with Crippen LogP contribution in [-0.2, 0) is 0 Å². The van der Waals surface area contributed by atoms with Crippen LogP contribution in [0.5, 0.6) is 0 Å². The van der Waals surface area contributed by atoms with Crippen LogP contribution in [-0.4, -0.2) is 48.9 Å². The average molecular weight is 349 g/mol. The summed E-state index contributed by atoms with van der Waals surface area (Å²) < 4.78 is 1.80. The number of nitrogens with one attached hydrogen (secondary N) is 1. The van der Waals surface area contributed by atoms with Crippen LogP contribution in [0.3, 0.4) is 0 Å². The predicted octanol–water partition coefficient (Wildman–Crippen LogP) is 2.08. The molecule has 0 radical (unpaired) electrons. The summed E-state index contributed by atoms with van der Waals surface area (Å²) >= 11 is 0.